The highest BCUT2D eigenvalue weighted by Gasteiger charge is 2.06. The molecule has 0 aromatic carbocycles. The number of carbonyl (C=O) groups excluding carboxylic acids is 1. The van der Waals surface area contributed by atoms with Gasteiger partial charge in [0, 0.05) is 13.5 Å². The fourth-order valence-corrected chi connectivity index (χ4v) is 1.22. The highest BCUT2D eigenvalue weighted by Crippen LogP contribution is 2.05. The molecular formula is C11H12N4O5. The Kier molecular flexibility index (Phi) is 5.07. The molecule has 9 nitrogen and oxygen atoms in total. The van der Waals surface area contributed by atoms with Gasteiger partial charge in [0.25, 0.3) is 11.5 Å². The van der Waals surface area contributed by atoms with Crippen LogP contribution >= 0.6 is 0 Å². The summed E-state index contributed by atoms with van der Waals surface area (Å²) in [5.74, 6) is 1.16. The molecule has 0 aliphatic heterocycles. The van der Waals surface area contributed by atoms with E-state index in [4.69, 9.17) is 5.11 Å². The molecule has 1 amide bonds. The second-order valence-corrected chi connectivity index (χ2v) is 3.48. The second kappa shape index (κ2) is 6.76. The quantitative estimate of drug-likeness (QED) is 0.263. The average molecular weight is 280 g/mol. The van der Waals surface area contributed by atoms with Gasteiger partial charge in [-0.15, -0.1) is 0 Å². The zero-order valence-electron chi connectivity index (χ0n) is 10.4. The molecule has 5 N–H and O–H groups in total. The normalized spacial score (nSPS) is 10.6. The fourth-order valence-electron chi connectivity index (χ4n) is 1.22. The van der Waals surface area contributed by atoms with Gasteiger partial charge in [-0.25, -0.2) is 4.79 Å². The molecule has 1 rings (SSSR count). The lowest BCUT2D eigenvalue weighted by Gasteiger charge is -1.97. The summed E-state index contributed by atoms with van der Waals surface area (Å²) in [6, 6.07) is 0. The molecular weight excluding hydrogens is 268 g/mol. The zero-order valence-corrected chi connectivity index (χ0v) is 10.4. The average Bonchev–Trinajstić information content (AvgIpc) is 2.40. The van der Waals surface area contributed by atoms with Crippen molar-refractivity contribution < 1.29 is 15.0 Å². The monoisotopic (exact) mass is 280 g/mol. The Balaban J connectivity index is 2.93. The first-order valence-electron chi connectivity index (χ1n) is 5.38. The summed E-state index contributed by atoms with van der Waals surface area (Å²) in [6.45, 7) is 0. The van der Waals surface area contributed by atoms with Crippen molar-refractivity contribution in [1.29, 1.82) is 0 Å². The van der Waals surface area contributed by atoms with Crippen molar-refractivity contribution in [2.24, 2.45) is 4.99 Å². The lowest BCUT2D eigenvalue weighted by atomic mass is 10.2. The van der Waals surface area contributed by atoms with Gasteiger partial charge in [0.15, 0.2) is 5.70 Å². The van der Waals surface area contributed by atoms with Crippen molar-refractivity contribution in [3.63, 3.8) is 0 Å². The molecule has 0 spiro atoms. The van der Waals surface area contributed by atoms with E-state index in [9.17, 15) is 19.5 Å². The van der Waals surface area contributed by atoms with Crippen LogP contribution in [-0.2, 0) is 11.2 Å². The van der Waals surface area contributed by atoms with E-state index in [2.05, 4.69) is 16.2 Å². The number of amides is 1. The third-order valence-electron chi connectivity index (χ3n) is 2.18. The van der Waals surface area contributed by atoms with E-state index < -0.39 is 23.0 Å². The molecule has 0 radical (unpaired) electrons. The third-order valence-corrected chi connectivity index (χ3v) is 2.18. The maximum atomic E-state index is 11.4. The lowest BCUT2D eigenvalue weighted by molar-refractivity contribution is -0.117. The Labute approximate surface area is 112 Å². The molecule has 9 heteroatoms. The maximum Gasteiger partial charge on any atom is 0.328 e. The Morgan fingerprint density at radius 1 is 1.45 bits per heavy atom. The number of rotatable bonds is 4. The Morgan fingerprint density at radius 3 is 2.70 bits per heavy atom. The number of hydrogen-bond acceptors (Lipinski definition) is 6. The van der Waals surface area contributed by atoms with E-state index in [-0.39, 0.29) is 17.7 Å². The largest absolute Gasteiger partial charge is 0.513 e. The molecule has 20 heavy (non-hydrogen) atoms. The first kappa shape index (κ1) is 15.0. The van der Waals surface area contributed by atoms with Crippen molar-refractivity contribution in [3.05, 3.63) is 44.4 Å². The van der Waals surface area contributed by atoms with Crippen molar-refractivity contribution >= 4 is 11.8 Å². The summed E-state index contributed by atoms with van der Waals surface area (Å²) in [5, 5.41) is 20.4. The number of allylic oxidation sites excluding steroid dienone is 1. The van der Waals surface area contributed by atoms with Gasteiger partial charge in [0.05, 0.1) is 5.56 Å². The summed E-state index contributed by atoms with van der Waals surface area (Å²) >= 11 is 0. The lowest BCUT2D eigenvalue weighted by Crippen LogP contribution is -2.24. The van der Waals surface area contributed by atoms with Crippen LogP contribution in [0.3, 0.4) is 0 Å². The van der Waals surface area contributed by atoms with Crippen LogP contribution in [0.2, 0.25) is 0 Å². The molecule has 0 saturated carbocycles. The second-order valence-electron chi connectivity index (χ2n) is 3.48. The number of aliphatic hydroxyl groups excluding tert-OH is 1. The van der Waals surface area contributed by atoms with E-state index in [0.29, 0.717) is 6.26 Å². The van der Waals surface area contributed by atoms with Gasteiger partial charge in [-0.1, -0.05) is 0 Å². The standard InChI is InChI=1S/C11H12N4O5/c1-12-10(19)7(5-16)13-4-2-3-6-8(17)14-11(20)15-9(6)18/h2,5,16H,3H2,1H3,(H,12,19)(H3,14,15,17,18,20). The number of H-pyrrole nitrogens is 2. The van der Waals surface area contributed by atoms with Gasteiger partial charge in [0.2, 0.25) is 5.88 Å². The molecule has 0 bridgehead atoms. The van der Waals surface area contributed by atoms with E-state index in [1.807, 2.05) is 9.97 Å². The van der Waals surface area contributed by atoms with Gasteiger partial charge in [-0.3, -0.25) is 19.6 Å². The number of aliphatic imine (C=N–C) groups is 1. The molecule has 0 fully saturated rings. The first-order chi connectivity index (χ1) is 9.49. The topological polar surface area (TPSA) is 148 Å². The van der Waals surface area contributed by atoms with Crippen LogP contribution in [0, 0.1) is 0 Å². The summed E-state index contributed by atoms with van der Waals surface area (Å²) in [5.41, 5.74) is -1.92. The number of aromatic amines is 2. The van der Waals surface area contributed by atoms with Gasteiger partial charge in [-0.05, 0) is 11.9 Å². The summed E-state index contributed by atoms with van der Waals surface area (Å²) in [6.07, 6.45) is 1.67. The number of nitrogens with one attached hydrogen (secondary N) is 3. The van der Waals surface area contributed by atoms with Crippen LogP contribution in [0.25, 0.3) is 0 Å². The Hall–Kier alpha value is -3.06. The molecule has 0 saturated heterocycles. The minimum absolute atomic E-state index is 0.0755. The third kappa shape index (κ3) is 3.72. The van der Waals surface area contributed by atoms with Crippen molar-refractivity contribution in [2.45, 2.75) is 6.42 Å². The number of likely N-dealkylation sites (N-methyl/N-ethyl adjacent to an activating group) is 1. The predicted octanol–water partition coefficient (Wildman–Crippen LogP) is -1.32. The molecule has 106 valence electrons. The van der Waals surface area contributed by atoms with Crippen LogP contribution in [-0.4, -0.2) is 39.0 Å². The highest BCUT2D eigenvalue weighted by molar-refractivity contribution is 5.93. The summed E-state index contributed by atoms with van der Waals surface area (Å²) < 4.78 is 0. The van der Waals surface area contributed by atoms with Crippen molar-refractivity contribution in [2.75, 3.05) is 7.05 Å². The van der Waals surface area contributed by atoms with E-state index >= 15 is 0 Å². The minimum Gasteiger partial charge on any atom is -0.513 e. The number of nitrogens with zero attached hydrogens (tertiary/aromatic N) is 1. The summed E-state index contributed by atoms with van der Waals surface area (Å²) in [7, 11) is 1.36. The van der Waals surface area contributed by atoms with Gasteiger partial charge < -0.3 is 15.5 Å². The SMILES string of the molecule is CNC(=O)C(=CO)N=C=CCc1c(O)[nH]c(=O)[nH]c1=O. The highest BCUT2D eigenvalue weighted by atomic mass is 16.3. The predicted molar refractivity (Wildman–Crippen MR) is 69.8 cm³/mol. The van der Waals surface area contributed by atoms with Crippen LogP contribution in [0.5, 0.6) is 5.88 Å². The van der Waals surface area contributed by atoms with Crippen LogP contribution in [0.15, 0.2) is 32.6 Å². The maximum absolute atomic E-state index is 11.4. The van der Waals surface area contributed by atoms with Crippen molar-refractivity contribution in [3.8, 4) is 5.88 Å². The molecule has 0 aliphatic rings. The van der Waals surface area contributed by atoms with Crippen LogP contribution < -0.4 is 16.6 Å². The minimum atomic E-state index is -0.820. The molecule has 1 heterocycles. The van der Waals surface area contributed by atoms with Gasteiger partial charge in [0.1, 0.15) is 6.26 Å². The molecule has 0 aliphatic carbocycles. The fraction of sp³-hybridized carbons (Fsp3) is 0.182. The zero-order chi connectivity index (χ0) is 15.1. The number of hydrogen-bond donors (Lipinski definition) is 5. The Morgan fingerprint density at radius 2 is 2.15 bits per heavy atom. The summed E-state index contributed by atoms with van der Waals surface area (Å²) in [4.78, 5) is 40.8. The Bertz CT molecular complexity index is 706. The number of aromatic hydroxyl groups is 1. The molecule has 0 unspecified atom stereocenters. The van der Waals surface area contributed by atoms with Gasteiger partial charge >= 0.3 is 5.69 Å². The molecule has 1 aromatic rings. The number of aliphatic hydroxyl groups is 1. The van der Waals surface area contributed by atoms with E-state index in [1.54, 1.807) is 0 Å². The van der Waals surface area contributed by atoms with E-state index in [1.165, 1.54) is 13.1 Å². The van der Waals surface area contributed by atoms with Gasteiger partial charge in [-0.2, -0.15) is 4.99 Å². The molecule has 1 aromatic heterocycles. The molecule has 0 atom stereocenters. The van der Waals surface area contributed by atoms with Crippen LogP contribution in [0.4, 0.5) is 0 Å². The number of carbonyl (C=O) groups is 1. The smallest absolute Gasteiger partial charge is 0.328 e. The van der Waals surface area contributed by atoms with Crippen molar-refractivity contribution in [1.82, 2.24) is 15.3 Å². The van der Waals surface area contributed by atoms with Crippen LogP contribution in [0.1, 0.15) is 5.56 Å². The van der Waals surface area contributed by atoms with E-state index in [0.717, 1.165) is 0 Å². The first-order valence-corrected chi connectivity index (χ1v) is 5.38. The number of aromatic nitrogens is 2.